The third-order valence-corrected chi connectivity index (χ3v) is 12.3. The summed E-state index contributed by atoms with van der Waals surface area (Å²) in [6, 6.07) is 15.9. The minimum Gasteiger partial charge on any atom is -0.490 e. The van der Waals surface area contributed by atoms with Crippen molar-refractivity contribution in [3.05, 3.63) is 77.1 Å². The fraction of sp³-hybridized carbons (Fsp3) is 0.526. The molecule has 5 rings (SSSR count). The highest BCUT2D eigenvalue weighted by Crippen LogP contribution is 2.50. The molecule has 3 aromatic rings. The van der Waals surface area contributed by atoms with E-state index in [1.165, 1.54) is 0 Å². The number of nitrogens with zero attached hydrogens (tertiary/aromatic N) is 2. The normalized spacial score (nSPS) is 16.3. The van der Waals surface area contributed by atoms with Gasteiger partial charge in [-0.15, -0.1) is 11.8 Å². The van der Waals surface area contributed by atoms with Crippen LogP contribution >= 0.6 is 23.4 Å². The molecule has 2 aromatic carbocycles. The van der Waals surface area contributed by atoms with Crippen molar-refractivity contribution in [1.82, 2.24) is 15.2 Å². The number of sulfone groups is 1. The number of thioether (sulfide) groups is 1. The van der Waals surface area contributed by atoms with Gasteiger partial charge in [0.15, 0.2) is 9.84 Å². The summed E-state index contributed by atoms with van der Waals surface area (Å²) in [4.78, 5) is 18.9. The number of rotatable bonds is 21. The fourth-order valence-corrected chi connectivity index (χ4v) is 8.13. The first-order valence-corrected chi connectivity index (χ1v) is 21.4. The Morgan fingerprint density at radius 1 is 1.08 bits per heavy atom. The molecule has 290 valence electrons. The summed E-state index contributed by atoms with van der Waals surface area (Å²) in [6.45, 7) is 2.12. The van der Waals surface area contributed by atoms with Crippen molar-refractivity contribution in [1.29, 1.82) is 0 Å². The summed E-state index contributed by atoms with van der Waals surface area (Å²) in [5, 5.41) is 56.8. The molecule has 2 aliphatic rings. The monoisotopic (exact) mass is 791 g/mol. The summed E-state index contributed by atoms with van der Waals surface area (Å²) >= 11 is 8.20. The van der Waals surface area contributed by atoms with Crippen LogP contribution in [0.25, 0.3) is 11.1 Å². The maximum absolute atomic E-state index is 13.0. The standard InChI is InChI=1S/C38H50ClN3O9S2/c1-3-4-5-12-34(43)42(38(47,48)37(45,46)35(44)53(2,49)50)21-8-9-22-52-28-15-16-32(39)26(23-28)24-41-36(18-19-36)31-25-40-20-17-29(31)30-10-6-7-11-33(30)51-27-13-14-27/h6-7,10-11,15-17,20,23,25,27,35,41,44-48H,3-5,8-9,12-14,18-19,21-22,24H2,1-2H3. The summed E-state index contributed by atoms with van der Waals surface area (Å²) in [6.07, 6.45) is 11.0. The van der Waals surface area contributed by atoms with Crippen molar-refractivity contribution in [2.24, 2.45) is 0 Å². The van der Waals surface area contributed by atoms with Crippen LogP contribution in [0.2, 0.25) is 5.02 Å². The van der Waals surface area contributed by atoms with Gasteiger partial charge in [0.1, 0.15) is 5.75 Å². The third kappa shape index (κ3) is 10.1. The average molecular weight is 792 g/mol. The molecule has 0 saturated heterocycles. The first-order valence-electron chi connectivity index (χ1n) is 18.0. The largest absolute Gasteiger partial charge is 0.490 e. The highest BCUT2D eigenvalue weighted by molar-refractivity contribution is 7.99. The Bertz CT molecular complexity index is 1830. The summed E-state index contributed by atoms with van der Waals surface area (Å²) in [7, 11) is -4.56. The topological polar surface area (TPSA) is 190 Å². The van der Waals surface area contributed by atoms with Crippen molar-refractivity contribution in [2.75, 3.05) is 18.6 Å². The van der Waals surface area contributed by atoms with Gasteiger partial charge in [-0.3, -0.25) is 14.7 Å². The predicted octanol–water partition coefficient (Wildman–Crippen LogP) is 4.69. The molecule has 0 aliphatic heterocycles. The Balaban J connectivity index is 1.20. The number of aliphatic hydroxyl groups is 5. The van der Waals surface area contributed by atoms with E-state index in [1.54, 1.807) is 11.8 Å². The van der Waals surface area contributed by atoms with Gasteiger partial charge in [-0.05, 0) is 97.7 Å². The molecular weight excluding hydrogens is 742 g/mol. The van der Waals surface area contributed by atoms with E-state index in [0.717, 1.165) is 65.0 Å². The number of carbonyl (C=O) groups is 1. The molecule has 1 heterocycles. The number of halogens is 1. The van der Waals surface area contributed by atoms with Gasteiger partial charge in [0.2, 0.25) is 11.3 Å². The summed E-state index contributed by atoms with van der Waals surface area (Å²) in [5.74, 6) is -7.13. The van der Waals surface area contributed by atoms with Crippen LogP contribution in [0.15, 0.2) is 65.8 Å². The Morgan fingerprint density at radius 2 is 1.81 bits per heavy atom. The molecule has 0 spiro atoms. The Kier molecular flexibility index (Phi) is 13.5. The van der Waals surface area contributed by atoms with Gasteiger partial charge in [-0.1, -0.05) is 49.6 Å². The van der Waals surface area contributed by atoms with Crippen LogP contribution < -0.4 is 10.1 Å². The van der Waals surface area contributed by atoms with E-state index in [0.29, 0.717) is 47.7 Å². The molecule has 53 heavy (non-hydrogen) atoms. The van der Waals surface area contributed by atoms with Crippen LogP contribution in [0.3, 0.4) is 0 Å². The lowest BCUT2D eigenvalue weighted by atomic mass is 9.94. The lowest BCUT2D eigenvalue weighted by Gasteiger charge is -2.43. The number of carbonyl (C=O) groups excluding carboxylic acids is 1. The second kappa shape index (κ2) is 17.3. The maximum Gasteiger partial charge on any atom is 0.309 e. The first-order chi connectivity index (χ1) is 25.1. The molecule has 0 radical (unpaired) electrons. The van der Waals surface area contributed by atoms with Gasteiger partial charge in [0.25, 0.3) is 5.79 Å². The molecule has 2 fully saturated rings. The predicted molar refractivity (Wildman–Crippen MR) is 204 cm³/mol. The zero-order valence-corrected chi connectivity index (χ0v) is 32.5. The molecule has 0 bridgehead atoms. The van der Waals surface area contributed by atoms with Crippen LogP contribution in [0.1, 0.15) is 82.3 Å². The number of unbranched alkanes of at least 4 members (excludes halogenated alkanes) is 3. The van der Waals surface area contributed by atoms with E-state index < -0.39 is 32.9 Å². The third-order valence-electron chi connectivity index (χ3n) is 9.68. The second-order valence-corrected chi connectivity index (χ2v) is 17.7. The van der Waals surface area contributed by atoms with Gasteiger partial charge >= 0.3 is 5.91 Å². The van der Waals surface area contributed by atoms with Crippen LogP contribution in [-0.2, 0) is 26.7 Å². The molecule has 1 amide bonds. The molecular formula is C38H50ClN3O9S2. The van der Waals surface area contributed by atoms with Gasteiger partial charge in [0, 0.05) is 59.2 Å². The number of benzene rings is 2. The van der Waals surface area contributed by atoms with Gasteiger partial charge in [-0.2, -0.15) is 0 Å². The zero-order chi connectivity index (χ0) is 38.4. The first kappa shape index (κ1) is 41.4. The Labute approximate surface area is 320 Å². The molecule has 1 atom stereocenters. The van der Waals surface area contributed by atoms with Gasteiger partial charge in [-0.25, -0.2) is 8.42 Å². The van der Waals surface area contributed by atoms with E-state index in [1.807, 2.05) is 61.8 Å². The molecule has 12 nitrogen and oxygen atoms in total. The number of para-hydroxylation sites is 1. The number of nitrogens with one attached hydrogen (secondary N) is 1. The number of hydrogen-bond donors (Lipinski definition) is 6. The number of aliphatic hydroxyl groups excluding tert-OH is 1. The minimum atomic E-state index is -4.56. The van der Waals surface area contributed by atoms with Crippen LogP contribution in [0, 0.1) is 0 Å². The maximum atomic E-state index is 13.0. The van der Waals surface area contributed by atoms with Crippen LogP contribution in [-0.4, -0.2) is 91.5 Å². The van der Waals surface area contributed by atoms with E-state index in [4.69, 9.17) is 16.3 Å². The average Bonchev–Trinajstić information content (AvgIpc) is 4.07. The second-order valence-electron chi connectivity index (χ2n) is 14.0. The smallest absolute Gasteiger partial charge is 0.309 e. The highest BCUT2D eigenvalue weighted by Gasteiger charge is 2.61. The van der Waals surface area contributed by atoms with Crippen molar-refractivity contribution in [3.8, 4) is 16.9 Å². The van der Waals surface area contributed by atoms with Crippen LogP contribution in [0.4, 0.5) is 0 Å². The lowest BCUT2D eigenvalue weighted by Crippen LogP contribution is -2.71. The number of ether oxygens (including phenoxy) is 1. The Morgan fingerprint density at radius 3 is 2.49 bits per heavy atom. The molecule has 2 aliphatic carbocycles. The van der Waals surface area contributed by atoms with Crippen molar-refractivity contribution >= 4 is 39.1 Å². The van der Waals surface area contributed by atoms with Crippen molar-refractivity contribution in [2.45, 2.75) is 111 Å². The van der Waals surface area contributed by atoms with Crippen molar-refractivity contribution < 1.29 is 43.5 Å². The van der Waals surface area contributed by atoms with Crippen molar-refractivity contribution in [3.63, 3.8) is 0 Å². The molecule has 15 heteroatoms. The summed E-state index contributed by atoms with van der Waals surface area (Å²) in [5.41, 5.74) is 0.943. The Hall–Kier alpha value is -2.79. The lowest BCUT2D eigenvalue weighted by molar-refractivity contribution is -0.416. The quantitative estimate of drug-likeness (QED) is 0.0497. The molecule has 2 saturated carbocycles. The molecule has 6 N–H and O–H groups in total. The fourth-order valence-electron chi connectivity index (χ4n) is 6.22. The van der Waals surface area contributed by atoms with Gasteiger partial charge < -0.3 is 35.6 Å². The summed E-state index contributed by atoms with van der Waals surface area (Å²) < 4.78 is 30.0. The van der Waals surface area contributed by atoms with Crippen LogP contribution in [0.5, 0.6) is 5.75 Å². The minimum absolute atomic E-state index is 0.135. The molecule has 1 aromatic heterocycles. The van der Waals surface area contributed by atoms with E-state index >= 15 is 0 Å². The number of aromatic nitrogens is 1. The number of hydrogen-bond acceptors (Lipinski definition) is 12. The SMILES string of the molecule is CCCCCC(=O)N(CCCCSc1ccc(Cl)c(CNC2(c3cnccc3-c3ccccc3OC3CC3)CC2)c1)C(O)(O)C(O)(O)C(O)S(C)(=O)=O. The highest BCUT2D eigenvalue weighted by atomic mass is 35.5. The van der Waals surface area contributed by atoms with E-state index in [-0.39, 0.29) is 31.0 Å². The number of amides is 1. The van der Waals surface area contributed by atoms with Gasteiger partial charge in [0.05, 0.1) is 6.10 Å². The molecule has 1 unspecified atom stereocenters. The van der Waals surface area contributed by atoms with E-state index in [9.17, 15) is 38.7 Å². The number of pyridine rings is 1. The van der Waals surface area contributed by atoms with E-state index in [2.05, 4.69) is 16.4 Å². The zero-order valence-electron chi connectivity index (χ0n) is 30.1.